The maximum Gasteiger partial charge on any atom is 0.248 e. The van der Waals surface area contributed by atoms with Gasteiger partial charge in [0.05, 0.1) is 32.9 Å². The quantitative estimate of drug-likeness (QED) is 0.152. The van der Waals surface area contributed by atoms with Crippen molar-refractivity contribution in [1.29, 1.82) is 0 Å². The van der Waals surface area contributed by atoms with Crippen LogP contribution in [0.4, 0.5) is 0 Å². The van der Waals surface area contributed by atoms with Crippen molar-refractivity contribution in [3.05, 3.63) is 322 Å². The van der Waals surface area contributed by atoms with Gasteiger partial charge in [0.15, 0.2) is 0 Å². The molecule has 1 aliphatic carbocycles. The molecule has 0 bridgehead atoms. The third-order valence-electron chi connectivity index (χ3n) is 17.4. The Morgan fingerprint density at radius 1 is 0.333 bits per heavy atom. The fourth-order valence-electron chi connectivity index (χ4n) is 13.6. The van der Waals surface area contributed by atoms with Gasteiger partial charge in [-0.1, -0.05) is 208 Å². The van der Waals surface area contributed by atoms with Gasteiger partial charge < -0.3 is 13.6 Å². The summed E-state index contributed by atoms with van der Waals surface area (Å²) in [6.07, 6.45) is 0. The average molecular weight is 1040 g/mol. The van der Waals surface area contributed by atoms with E-state index in [0.717, 1.165) is 55.7 Å². The van der Waals surface area contributed by atoms with Gasteiger partial charge in [-0.2, -0.15) is 0 Å². The molecule has 2 atom stereocenters. The number of aryl methyl sites for hydroxylation is 2. The van der Waals surface area contributed by atoms with Gasteiger partial charge >= 0.3 is 0 Å². The molecule has 0 amide bonds. The molecule has 5 nitrogen and oxygen atoms in total. The lowest BCUT2D eigenvalue weighted by Gasteiger charge is -2.51. The van der Waals surface area contributed by atoms with E-state index < -0.39 is 10.8 Å². The minimum atomic E-state index is -0.882. The molecule has 0 saturated heterocycles. The molecule has 0 fully saturated rings. The van der Waals surface area contributed by atoms with Crippen LogP contribution in [0.1, 0.15) is 82.0 Å². The fourth-order valence-corrected chi connectivity index (χ4v) is 13.6. The van der Waals surface area contributed by atoms with E-state index in [4.69, 9.17) is 14.6 Å². The molecule has 0 N–H and O–H groups in total. The number of rotatable bonds is 8. The predicted molar refractivity (Wildman–Crippen MR) is 332 cm³/mol. The van der Waals surface area contributed by atoms with Crippen molar-refractivity contribution in [3.63, 3.8) is 0 Å². The molecule has 15 rings (SSSR count). The summed E-state index contributed by atoms with van der Waals surface area (Å²) in [7, 11) is 0. The highest BCUT2D eigenvalue weighted by atomic mass is 16.4. The monoisotopic (exact) mass is 1040 g/mol. The lowest BCUT2D eigenvalue weighted by Crippen LogP contribution is -2.45. The molecule has 3 heterocycles. The van der Waals surface area contributed by atoms with Crippen LogP contribution in [0.2, 0.25) is 0 Å². The van der Waals surface area contributed by atoms with Gasteiger partial charge in [-0.05, 0) is 154 Å². The van der Waals surface area contributed by atoms with Crippen LogP contribution in [0, 0.1) is 13.8 Å². The Hall–Kier alpha value is -9.84. The number of para-hydroxylation sites is 4. The number of benzene rings is 11. The summed E-state index contributed by atoms with van der Waals surface area (Å²) < 4.78 is 11.6. The van der Waals surface area contributed by atoms with Gasteiger partial charge in [0.25, 0.3) is 0 Å². The van der Waals surface area contributed by atoms with Crippen molar-refractivity contribution in [3.8, 4) is 34.3 Å². The highest BCUT2D eigenvalue weighted by Gasteiger charge is 2.54. The van der Waals surface area contributed by atoms with Crippen LogP contribution < -0.4 is 0 Å². The second-order valence-electron chi connectivity index (χ2n) is 23.1. The summed E-state index contributed by atoms with van der Waals surface area (Å²) in [5.74, 6) is 0.942. The number of nitrogens with zero attached hydrogens (tertiary/aromatic N) is 4. The van der Waals surface area contributed by atoms with E-state index in [1.165, 1.54) is 71.6 Å². The van der Waals surface area contributed by atoms with Crippen LogP contribution in [0.5, 0.6) is 0 Å². The minimum absolute atomic E-state index is 0.00825. The largest absolute Gasteiger partial charge is 0.416 e. The first kappa shape index (κ1) is 48.3. The van der Waals surface area contributed by atoms with E-state index in [9.17, 15) is 0 Å². The highest BCUT2D eigenvalue weighted by molar-refractivity contribution is 6.11. The molecular formula is C76H58N4O. The van der Waals surface area contributed by atoms with Crippen LogP contribution in [0.15, 0.2) is 265 Å². The summed E-state index contributed by atoms with van der Waals surface area (Å²) in [5, 5.41) is 14.4. The molecule has 81 heavy (non-hydrogen) atoms. The molecule has 0 saturated carbocycles. The predicted octanol–water partition coefficient (Wildman–Crippen LogP) is 18.6. The molecular weight excluding hydrogens is 985 g/mol. The number of fused-ring (bicyclic) bond motifs is 8. The van der Waals surface area contributed by atoms with E-state index in [-0.39, 0.29) is 5.41 Å². The summed E-state index contributed by atoms with van der Waals surface area (Å²) in [6.45, 7) is 11.1. The van der Waals surface area contributed by atoms with Crippen molar-refractivity contribution in [2.45, 2.75) is 50.9 Å². The smallest absolute Gasteiger partial charge is 0.248 e. The Bertz CT molecular complexity index is 4730. The lowest BCUT2D eigenvalue weighted by molar-refractivity contribution is 0.580. The molecule has 11 aromatic carbocycles. The first-order chi connectivity index (χ1) is 39.6. The molecule has 388 valence electrons. The zero-order chi connectivity index (χ0) is 54.6. The van der Waals surface area contributed by atoms with Gasteiger partial charge in [-0.25, -0.2) is 0 Å². The van der Waals surface area contributed by atoms with Gasteiger partial charge in [-0.15, -0.1) is 10.2 Å². The van der Waals surface area contributed by atoms with Crippen molar-refractivity contribution >= 4 is 43.6 Å². The van der Waals surface area contributed by atoms with E-state index >= 15 is 0 Å². The number of hydrogen-bond donors (Lipinski definition) is 0. The van der Waals surface area contributed by atoms with Crippen molar-refractivity contribution in [2.75, 3.05) is 0 Å². The van der Waals surface area contributed by atoms with Gasteiger partial charge in [0.1, 0.15) is 0 Å². The molecule has 2 unspecified atom stereocenters. The minimum Gasteiger partial charge on any atom is -0.416 e. The second-order valence-corrected chi connectivity index (χ2v) is 23.1. The molecule has 3 aromatic heterocycles. The van der Waals surface area contributed by atoms with Crippen molar-refractivity contribution in [1.82, 2.24) is 19.3 Å². The Morgan fingerprint density at radius 2 is 0.728 bits per heavy atom. The SMILES string of the molecule is Cc1ccc(C2(c3ccc4c(c3)c3ccccc3n4-c3ccccc3)c3ccccc3C(c3ccc(C)cc3)(c3ccc4c(c3)c3ccccc3n4-c3ccccc3)c3cc(-c4nnc(-c5ccc(C(C)(C)C)cc5)o4)ccc32)cc1. The first-order valence-corrected chi connectivity index (χ1v) is 28.1. The molecule has 0 spiro atoms. The van der Waals surface area contributed by atoms with E-state index in [1.54, 1.807) is 0 Å². The second kappa shape index (κ2) is 18.4. The molecule has 0 radical (unpaired) electrons. The summed E-state index contributed by atoms with van der Waals surface area (Å²) >= 11 is 0. The Labute approximate surface area is 472 Å². The molecule has 5 heteroatoms. The van der Waals surface area contributed by atoms with Crippen LogP contribution in [-0.4, -0.2) is 19.3 Å². The van der Waals surface area contributed by atoms with Crippen molar-refractivity contribution in [2.24, 2.45) is 0 Å². The lowest BCUT2D eigenvalue weighted by atomic mass is 9.50. The van der Waals surface area contributed by atoms with E-state index in [1.807, 2.05) is 0 Å². The highest BCUT2D eigenvalue weighted by Crippen LogP contribution is 2.61. The van der Waals surface area contributed by atoms with Crippen LogP contribution in [0.3, 0.4) is 0 Å². The zero-order valence-corrected chi connectivity index (χ0v) is 46.0. The molecule has 14 aromatic rings. The Balaban J connectivity index is 1.07. The Morgan fingerprint density at radius 3 is 1.22 bits per heavy atom. The average Bonchev–Trinajstić information content (AvgIpc) is 3.58. The third-order valence-corrected chi connectivity index (χ3v) is 17.4. The Kier molecular flexibility index (Phi) is 11.0. The normalized spacial score (nSPS) is 16.1. The third kappa shape index (κ3) is 7.31. The number of aromatic nitrogens is 4. The molecule has 0 aliphatic heterocycles. The first-order valence-electron chi connectivity index (χ1n) is 28.1. The summed E-state index contributed by atoms with van der Waals surface area (Å²) in [5.41, 5.74) is 19.9. The van der Waals surface area contributed by atoms with E-state index in [2.05, 4.69) is 305 Å². The summed E-state index contributed by atoms with van der Waals surface area (Å²) in [6, 6.07) is 97.0. The van der Waals surface area contributed by atoms with Crippen LogP contribution in [-0.2, 0) is 16.2 Å². The molecule has 1 aliphatic rings. The van der Waals surface area contributed by atoms with Gasteiger partial charge in [-0.3, -0.25) is 0 Å². The standard InChI is InChI=1S/C76H58N4O/c1-49-28-35-54(36-29-49)75(56-41-44-70-62(47-56)60-22-12-16-26-68(60)79(70)58-18-8-6-9-19-58)64-24-14-15-25-65(64)76(55-37-30-50(2)31-38-55,57-42-45-71-63(48-57)61-23-13-17-27-69(61)80(71)59-20-10-7-11-21-59)67-46-52(34-43-66(67)75)73-78-77-72(81-73)51-32-39-53(40-33-51)74(3,4)5/h6-48H,1-5H3. The van der Waals surface area contributed by atoms with E-state index in [0.29, 0.717) is 11.8 Å². The zero-order valence-electron chi connectivity index (χ0n) is 46.0. The number of hydrogen-bond acceptors (Lipinski definition) is 3. The van der Waals surface area contributed by atoms with Gasteiger partial charge in [0.2, 0.25) is 11.8 Å². The van der Waals surface area contributed by atoms with Gasteiger partial charge in [0, 0.05) is 44.0 Å². The fraction of sp³-hybridized carbons (Fsp3) is 0.105. The topological polar surface area (TPSA) is 48.8 Å². The van der Waals surface area contributed by atoms with Crippen molar-refractivity contribution < 1.29 is 4.42 Å². The maximum atomic E-state index is 6.82. The van der Waals surface area contributed by atoms with Crippen LogP contribution in [0.25, 0.3) is 77.9 Å². The van der Waals surface area contributed by atoms with Crippen LogP contribution >= 0.6 is 0 Å². The summed E-state index contributed by atoms with van der Waals surface area (Å²) in [4.78, 5) is 0. The maximum absolute atomic E-state index is 6.82.